The minimum atomic E-state index is -0.685. The standard InChI is InChI=1S/C24H23FN6O3/c1-12-16(10-30-23-22(12)28-5-6-33-23)15-7-14-8-19(29-11-17(14)21(27)20(15)25)31-24(32)34-18-4-2-3-13(18)9-26/h7-8,10-11,13,18,28H,2-6,27H2,1H3,(H,29,31,32). The molecular formula is C24H23FN6O3. The predicted octanol–water partition coefficient (Wildman–Crippen LogP) is 4.37. The molecule has 10 heteroatoms. The number of carbonyl (C=O) groups excluding carboxylic acids is 1. The monoisotopic (exact) mass is 462 g/mol. The van der Waals surface area contributed by atoms with E-state index in [9.17, 15) is 10.1 Å². The van der Waals surface area contributed by atoms with Gasteiger partial charge in [-0.3, -0.25) is 5.32 Å². The summed E-state index contributed by atoms with van der Waals surface area (Å²) in [5.41, 5.74) is 8.46. The largest absolute Gasteiger partial charge is 0.474 e. The van der Waals surface area contributed by atoms with Crippen molar-refractivity contribution in [1.29, 1.82) is 5.26 Å². The molecule has 0 bridgehead atoms. The second-order valence-electron chi connectivity index (χ2n) is 8.43. The van der Waals surface area contributed by atoms with Crippen LogP contribution in [0.25, 0.3) is 21.9 Å². The van der Waals surface area contributed by atoms with Gasteiger partial charge in [0.25, 0.3) is 0 Å². The van der Waals surface area contributed by atoms with Crippen LogP contribution in [0.5, 0.6) is 5.88 Å². The van der Waals surface area contributed by atoms with E-state index in [-0.39, 0.29) is 23.0 Å². The lowest BCUT2D eigenvalue weighted by Crippen LogP contribution is -2.25. The number of nitrogens with zero attached hydrogens (tertiary/aromatic N) is 3. The first-order chi connectivity index (χ1) is 16.5. The van der Waals surface area contributed by atoms with Gasteiger partial charge in [0.2, 0.25) is 5.88 Å². The molecule has 9 nitrogen and oxygen atoms in total. The van der Waals surface area contributed by atoms with Gasteiger partial charge in [-0.2, -0.15) is 5.26 Å². The number of rotatable bonds is 3. The third-order valence-electron chi connectivity index (χ3n) is 6.34. The van der Waals surface area contributed by atoms with Crippen molar-refractivity contribution in [2.75, 3.05) is 29.5 Å². The lowest BCUT2D eigenvalue weighted by atomic mass is 9.97. The average Bonchev–Trinajstić information content (AvgIpc) is 3.29. The SMILES string of the molecule is Cc1c(-c2cc3cc(NC(=O)OC4CCCC4C#N)ncc3c(N)c2F)cnc2c1NCCO2. The summed E-state index contributed by atoms with van der Waals surface area (Å²) in [6.07, 6.45) is 4.08. The summed E-state index contributed by atoms with van der Waals surface area (Å²) >= 11 is 0. The van der Waals surface area contributed by atoms with Gasteiger partial charge in [-0.05, 0) is 49.3 Å². The van der Waals surface area contributed by atoms with Gasteiger partial charge in [-0.25, -0.2) is 19.2 Å². The summed E-state index contributed by atoms with van der Waals surface area (Å²) in [5, 5.41) is 16.0. The molecule has 2 aliphatic rings. The number of pyridine rings is 2. The molecule has 1 aliphatic heterocycles. The Labute approximate surface area is 195 Å². The fourth-order valence-corrected chi connectivity index (χ4v) is 4.54. The summed E-state index contributed by atoms with van der Waals surface area (Å²) in [6.45, 7) is 3.01. The Kier molecular flexibility index (Phi) is 5.53. The number of hydrogen-bond donors (Lipinski definition) is 3. The molecule has 3 heterocycles. The number of fused-ring (bicyclic) bond motifs is 2. The van der Waals surface area contributed by atoms with Crippen molar-refractivity contribution < 1.29 is 18.7 Å². The van der Waals surface area contributed by atoms with Crippen molar-refractivity contribution in [1.82, 2.24) is 9.97 Å². The van der Waals surface area contributed by atoms with Crippen LogP contribution in [0.1, 0.15) is 24.8 Å². The van der Waals surface area contributed by atoms with Crippen molar-refractivity contribution in [3.8, 4) is 23.1 Å². The number of aromatic nitrogens is 2. The third-order valence-corrected chi connectivity index (χ3v) is 6.34. The van der Waals surface area contributed by atoms with Crippen molar-refractivity contribution in [2.45, 2.75) is 32.3 Å². The van der Waals surface area contributed by atoms with Crippen molar-refractivity contribution in [3.63, 3.8) is 0 Å². The van der Waals surface area contributed by atoms with Crippen molar-refractivity contribution in [3.05, 3.63) is 35.9 Å². The molecule has 1 amide bonds. The van der Waals surface area contributed by atoms with Crippen LogP contribution in [-0.2, 0) is 4.74 Å². The highest BCUT2D eigenvalue weighted by Gasteiger charge is 2.30. The topological polar surface area (TPSA) is 135 Å². The number of benzene rings is 1. The maximum atomic E-state index is 15.3. The molecule has 0 radical (unpaired) electrons. The van der Waals surface area contributed by atoms with E-state index < -0.39 is 18.0 Å². The molecule has 174 valence electrons. The smallest absolute Gasteiger partial charge is 0.413 e. The fraction of sp³-hybridized carbons (Fsp3) is 0.333. The van der Waals surface area contributed by atoms with E-state index in [1.165, 1.54) is 6.20 Å². The minimum absolute atomic E-state index is 0.0433. The van der Waals surface area contributed by atoms with Crippen molar-refractivity contribution in [2.24, 2.45) is 5.92 Å². The Balaban J connectivity index is 1.47. The van der Waals surface area contributed by atoms with E-state index in [1.54, 1.807) is 18.3 Å². The highest BCUT2D eigenvalue weighted by molar-refractivity contribution is 5.99. The molecule has 1 fully saturated rings. The number of nitrogen functional groups attached to an aromatic ring is 1. The second kappa shape index (κ2) is 8.67. The number of amides is 1. The number of hydrogen-bond acceptors (Lipinski definition) is 8. The van der Waals surface area contributed by atoms with E-state index in [0.29, 0.717) is 41.8 Å². The Morgan fingerprint density at radius 1 is 1.32 bits per heavy atom. The number of nitrogens with one attached hydrogen (secondary N) is 2. The second-order valence-corrected chi connectivity index (χ2v) is 8.43. The molecule has 2 atom stereocenters. The molecule has 4 N–H and O–H groups in total. The Morgan fingerprint density at radius 3 is 3.00 bits per heavy atom. The van der Waals surface area contributed by atoms with E-state index in [0.717, 1.165) is 24.1 Å². The lowest BCUT2D eigenvalue weighted by molar-refractivity contribution is 0.0999. The maximum Gasteiger partial charge on any atom is 0.413 e. The van der Waals surface area contributed by atoms with E-state index >= 15 is 4.39 Å². The van der Waals surface area contributed by atoms with Gasteiger partial charge in [0.05, 0.1) is 17.7 Å². The van der Waals surface area contributed by atoms with Gasteiger partial charge in [-0.1, -0.05) is 0 Å². The number of carbonyl (C=O) groups is 1. The predicted molar refractivity (Wildman–Crippen MR) is 125 cm³/mol. The molecular weight excluding hydrogens is 439 g/mol. The normalized spacial score (nSPS) is 19.0. The van der Waals surface area contributed by atoms with Crippen molar-refractivity contribution >= 4 is 34.1 Å². The van der Waals surface area contributed by atoms with E-state index in [4.69, 9.17) is 15.2 Å². The van der Waals surface area contributed by atoms with Crippen LogP contribution in [0, 0.1) is 30.0 Å². The minimum Gasteiger partial charge on any atom is -0.474 e. The first kappa shape index (κ1) is 21.7. The highest BCUT2D eigenvalue weighted by atomic mass is 19.1. The zero-order valence-corrected chi connectivity index (χ0v) is 18.5. The van der Waals surface area contributed by atoms with E-state index in [2.05, 4.69) is 26.7 Å². The van der Waals surface area contributed by atoms with Crippen LogP contribution in [0.4, 0.5) is 26.4 Å². The Bertz CT molecular complexity index is 1340. The quantitative estimate of drug-likeness (QED) is 0.488. The van der Waals surface area contributed by atoms with Gasteiger partial charge in [0.1, 0.15) is 24.2 Å². The van der Waals surface area contributed by atoms with Gasteiger partial charge in [0, 0.05) is 35.5 Å². The Morgan fingerprint density at radius 2 is 2.18 bits per heavy atom. The van der Waals surface area contributed by atoms with Crippen LogP contribution in [0.15, 0.2) is 24.5 Å². The molecule has 2 aromatic heterocycles. The van der Waals surface area contributed by atoms with Crippen LogP contribution in [0.2, 0.25) is 0 Å². The summed E-state index contributed by atoms with van der Waals surface area (Å²) in [6, 6.07) is 5.44. The van der Waals surface area contributed by atoms with Gasteiger partial charge in [-0.15, -0.1) is 0 Å². The van der Waals surface area contributed by atoms with Crippen LogP contribution in [-0.4, -0.2) is 35.3 Å². The molecule has 3 aromatic rings. The number of ether oxygens (including phenoxy) is 2. The molecule has 34 heavy (non-hydrogen) atoms. The molecule has 5 rings (SSSR count). The average molecular weight is 462 g/mol. The molecule has 1 aromatic carbocycles. The number of anilines is 3. The fourth-order valence-electron chi connectivity index (χ4n) is 4.54. The molecule has 0 spiro atoms. The Hall–Kier alpha value is -4.13. The highest BCUT2D eigenvalue weighted by Crippen LogP contribution is 2.39. The summed E-state index contributed by atoms with van der Waals surface area (Å²) in [7, 11) is 0. The van der Waals surface area contributed by atoms with Crippen LogP contribution in [0.3, 0.4) is 0 Å². The van der Waals surface area contributed by atoms with E-state index in [1.807, 2.05) is 6.92 Å². The van der Waals surface area contributed by atoms with Gasteiger partial charge < -0.3 is 20.5 Å². The molecule has 0 saturated heterocycles. The maximum absolute atomic E-state index is 15.3. The first-order valence-corrected chi connectivity index (χ1v) is 11.1. The van der Waals surface area contributed by atoms with Gasteiger partial charge in [0.15, 0.2) is 5.82 Å². The summed E-state index contributed by atoms with van der Waals surface area (Å²) in [5.74, 6) is -0.151. The van der Waals surface area contributed by atoms with Gasteiger partial charge >= 0.3 is 6.09 Å². The molecule has 1 saturated carbocycles. The van der Waals surface area contributed by atoms with Crippen LogP contribution >= 0.6 is 0 Å². The number of nitrogens with two attached hydrogens (primary N) is 1. The lowest BCUT2D eigenvalue weighted by Gasteiger charge is -2.22. The molecule has 1 aliphatic carbocycles. The summed E-state index contributed by atoms with van der Waals surface area (Å²) in [4.78, 5) is 20.9. The van der Waals surface area contributed by atoms with Crippen LogP contribution < -0.4 is 21.1 Å². The zero-order valence-electron chi connectivity index (χ0n) is 18.5. The molecule has 2 unspecified atom stereocenters. The first-order valence-electron chi connectivity index (χ1n) is 11.1. The zero-order chi connectivity index (χ0) is 23.8. The number of nitriles is 1. The number of halogens is 1. The summed E-state index contributed by atoms with van der Waals surface area (Å²) < 4.78 is 26.3. The third kappa shape index (κ3) is 3.79.